The Morgan fingerprint density at radius 1 is 1.00 bits per heavy atom. The molecule has 1 aromatic carbocycles. The van der Waals surface area contributed by atoms with Crippen LogP contribution in [0.4, 0.5) is 13.5 Å². The summed E-state index contributed by atoms with van der Waals surface area (Å²) in [6, 6.07) is 4.00. The molecule has 1 rings (SSSR count). The molecule has 0 aliphatic carbocycles. The highest BCUT2D eigenvalue weighted by Crippen LogP contribution is 2.24. The van der Waals surface area contributed by atoms with Crippen LogP contribution in [0.2, 0.25) is 0 Å². The summed E-state index contributed by atoms with van der Waals surface area (Å²) in [4.78, 5) is 0. The second kappa shape index (κ2) is 4.31. The molecule has 0 saturated carbocycles. The van der Waals surface area contributed by atoms with Crippen LogP contribution in [-0.2, 0) is 20.8 Å². The smallest absolute Gasteiger partial charge is 0.170 e. The fourth-order valence-corrected chi connectivity index (χ4v) is 2.64. The number of hydrogen-bond donors (Lipinski definition) is 0. The van der Waals surface area contributed by atoms with E-state index in [0.29, 0.717) is 5.56 Å². The monoisotopic (exact) mass is 281 g/mol. The van der Waals surface area contributed by atoms with Crippen molar-refractivity contribution in [2.75, 3.05) is 3.71 Å². The van der Waals surface area contributed by atoms with Crippen LogP contribution in [0.25, 0.3) is 0 Å². The highest BCUT2D eigenvalue weighted by atomic mass is 32.3. The van der Waals surface area contributed by atoms with Crippen LogP contribution >= 0.6 is 0 Å². The van der Waals surface area contributed by atoms with Crippen LogP contribution < -0.4 is 3.71 Å². The van der Waals surface area contributed by atoms with Crippen molar-refractivity contribution in [2.45, 2.75) is 0 Å². The second-order valence-corrected chi connectivity index (χ2v) is 5.38. The summed E-state index contributed by atoms with van der Waals surface area (Å²) in [5.74, 6) is 2.17. The maximum absolute atomic E-state index is 12.7. The molecule has 0 fully saturated rings. The Bertz CT molecular complexity index is 626. The minimum atomic E-state index is -5.78. The molecule has 0 unspecified atom stereocenters. The lowest BCUT2D eigenvalue weighted by atomic mass is 10.2. The second-order valence-electron chi connectivity index (χ2n) is 2.77. The number of benzene rings is 1. The zero-order valence-corrected chi connectivity index (χ0v) is 9.67. The Balaban J connectivity index is 3.41. The van der Waals surface area contributed by atoms with Gasteiger partial charge >= 0.3 is 20.8 Å². The van der Waals surface area contributed by atoms with Crippen molar-refractivity contribution in [3.63, 3.8) is 0 Å². The van der Waals surface area contributed by atoms with Crippen molar-refractivity contribution in [3.8, 4) is 12.3 Å². The normalized spacial score (nSPS) is 11.8. The van der Waals surface area contributed by atoms with Crippen LogP contribution in [0, 0.1) is 12.3 Å². The lowest BCUT2D eigenvalue weighted by Gasteiger charge is -2.13. The predicted octanol–water partition coefficient (Wildman–Crippen LogP) is 0.903. The fraction of sp³-hybridized carbons (Fsp3) is 0. The van der Waals surface area contributed by atoms with Crippen LogP contribution in [0.5, 0.6) is 0 Å². The van der Waals surface area contributed by atoms with Gasteiger partial charge in [-0.1, -0.05) is 13.7 Å². The third-order valence-electron chi connectivity index (χ3n) is 1.64. The third-order valence-corrected chi connectivity index (χ3v) is 3.92. The van der Waals surface area contributed by atoms with Gasteiger partial charge in [-0.05, 0) is 24.3 Å². The summed E-state index contributed by atoms with van der Waals surface area (Å²) in [6.45, 7) is 0. The fourth-order valence-electron chi connectivity index (χ4n) is 1.04. The molecule has 0 N–H and O–H groups in total. The van der Waals surface area contributed by atoms with Gasteiger partial charge in [-0.2, -0.15) is 16.8 Å². The molecular formula is C8H5F2NO4S2. The Morgan fingerprint density at radius 3 is 1.71 bits per heavy atom. The Labute approximate surface area is 97.4 Å². The highest BCUT2D eigenvalue weighted by Gasteiger charge is 2.34. The predicted molar refractivity (Wildman–Crippen MR) is 56.9 cm³/mol. The maximum atomic E-state index is 12.7. The number of terminal acetylenes is 1. The summed E-state index contributed by atoms with van der Waals surface area (Å²) in [5, 5.41) is 0. The van der Waals surface area contributed by atoms with Gasteiger partial charge in [-0.15, -0.1) is 10.1 Å². The summed E-state index contributed by atoms with van der Waals surface area (Å²) in [7, 11) is -11.6. The number of hydrogen-bond acceptors (Lipinski definition) is 4. The topological polar surface area (TPSA) is 71.5 Å². The first-order valence-electron chi connectivity index (χ1n) is 3.92. The van der Waals surface area contributed by atoms with Crippen molar-refractivity contribution in [1.29, 1.82) is 0 Å². The van der Waals surface area contributed by atoms with E-state index in [1.165, 1.54) is 0 Å². The van der Waals surface area contributed by atoms with Gasteiger partial charge in [0.05, 0.1) is 5.69 Å². The molecule has 0 radical (unpaired) electrons. The molecule has 9 heteroatoms. The van der Waals surface area contributed by atoms with Gasteiger partial charge in [0.1, 0.15) is 0 Å². The van der Waals surface area contributed by atoms with E-state index >= 15 is 0 Å². The largest absolute Gasteiger partial charge is 0.414 e. The molecule has 0 spiro atoms. The van der Waals surface area contributed by atoms with E-state index in [1.807, 2.05) is 0 Å². The molecule has 5 nitrogen and oxygen atoms in total. The lowest BCUT2D eigenvalue weighted by molar-refractivity contribution is 0.536. The molecule has 0 heterocycles. The molecule has 0 bridgehead atoms. The number of anilines is 1. The van der Waals surface area contributed by atoms with Gasteiger partial charge < -0.3 is 0 Å². The molecule has 0 amide bonds. The average molecular weight is 281 g/mol. The van der Waals surface area contributed by atoms with Crippen LogP contribution in [0.15, 0.2) is 24.3 Å². The average Bonchev–Trinajstić information content (AvgIpc) is 2.14. The van der Waals surface area contributed by atoms with E-state index in [2.05, 4.69) is 5.92 Å². The first-order chi connectivity index (χ1) is 7.66. The first-order valence-corrected chi connectivity index (χ1v) is 6.60. The number of halogens is 2. The van der Waals surface area contributed by atoms with Crippen molar-refractivity contribution >= 4 is 26.5 Å². The van der Waals surface area contributed by atoms with E-state index in [4.69, 9.17) is 6.42 Å². The quantitative estimate of drug-likeness (QED) is 0.609. The Morgan fingerprint density at radius 2 is 1.41 bits per heavy atom. The molecule has 0 atom stereocenters. The third kappa shape index (κ3) is 3.15. The van der Waals surface area contributed by atoms with Gasteiger partial charge in [-0.25, -0.2) is 0 Å². The van der Waals surface area contributed by atoms with Gasteiger partial charge in [0.25, 0.3) is 0 Å². The summed E-state index contributed by atoms with van der Waals surface area (Å²) < 4.78 is 66.5. The Hall–Kier alpha value is -1.66. The van der Waals surface area contributed by atoms with Gasteiger partial charge in [0.2, 0.25) is 0 Å². The van der Waals surface area contributed by atoms with E-state index < -0.39 is 30.2 Å². The maximum Gasteiger partial charge on any atom is 0.414 e. The summed E-state index contributed by atoms with van der Waals surface area (Å²) in [5.41, 5.74) is -0.421. The van der Waals surface area contributed by atoms with Gasteiger partial charge in [0.15, 0.2) is 0 Å². The molecule has 0 aliphatic rings. The minimum absolute atomic E-state index is 0.293. The number of rotatable bonds is 3. The SMILES string of the molecule is C#Cc1ccc(N(S(=O)(=O)F)S(=O)(=O)F)cc1. The molecular weight excluding hydrogens is 276 g/mol. The Kier molecular flexibility index (Phi) is 3.40. The number of nitrogens with zero attached hydrogens (tertiary/aromatic N) is 1. The molecule has 92 valence electrons. The molecule has 17 heavy (non-hydrogen) atoms. The zero-order valence-electron chi connectivity index (χ0n) is 8.04. The van der Waals surface area contributed by atoms with E-state index in [1.54, 1.807) is 0 Å². The minimum Gasteiger partial charge on any atom is -0.170 e. The lowest BCUT2D eigenvalue weighted by Crippen LogP contribution is -2.31. The first kappa shape index (κ1) is 13.4. The molecule has 1 aromatic rings. The van der Waals surface area contributed by atoms with Gasteiger partial charge in [0, 0.05) is 5.56 Å². The summed E-state index contributed by atoms with van der Waals surface area (Å²) in [6.07, 6.45) is 5.00. The highest BCUT2D eigenvalue weighted by molar-refractivity contribution is 8.05. The van der Waals surface area contributed by atoms with Crippen LogP contribution in [0.1, 0.15) is 5.56 Å². The van der Waals surface area contributed by atoms with Crippen molar-refractivity contribution in [2.24, 2.45) is 0 Å². The van der Waals surface area contributed by atoms with Crippen LogP contribution in [0.3, 0.4) is 0 Å². The van der Waals surface area contributed by atoms with E-state index in [0.717, 1.165) is 24.3 Å². The van der Waals surface area contributed by atoms with Crippen molar-refractivity contribution < 1.29 is 24.6 Å². The molecule has 0 aliphatic heterocycles. The molecule has 0 saturated heterocycles. The van der Waals surface area contributed by atoms with E-state index in [-0.39, 0.29) is 0 Å². The van der Waals surface area contributed by atoms with Crippen molar-refractivity contribution in [1.82, 2.24) is 0 Å². The van der Waals surface area contributed by atoms with E-state index in [9.17, 15) is 24.6 Å². The van der Waals surface area contributed by atoms with Crippen LogP contribution in [-0.4, -0.2) is 16.8 Å². The van der Waals surface area contributed by atoms with Crippen molar-refractivity contribution in [3.05, 3.63) is 29.8 Å². The zero-order chi connectivity index (χ0) is 13.3. The van der Waals surface area contributed by atoms with Gasteiger partial charge in [-0.3, -0.25) is 0 Å². The standard InChI is InChI=1S/C8H5F2NO4S2/c1-2-7-3-5-8(6-4-7)11(16(9,12)13)17(10,14)15/h1,3-6H. The summed E-state index contributed by atoms with van der Waals surface area (Å²) >= 11 is 0. The molecule has 0 aromatic heterocycles.